The fraction of sp³-hybridized carbons (Fsp3) is 0.333. The van der Waals surface area contributed by atoms with Gasteiger partial charge < -0.3 is 4.74 Å². The Hall–Kier alpha value is -2.09. The second-order valence-electron chi connectivity index (χ2n) is 5.10. The lowest BCUT2D eigenvalue weighted by atomic mass is 9.88. The molecule has 8 heteroatoms. The lowest BCUT2D eigenvalue weighted by molar-refractivity contribution is -0.146. The van der Waals surface area contributed by atoms with Gasteiger partial charge in [-0.05, 0) is 32.0 Å². The number of nitrogens with zero attached hydrogens (tertiary/aromatic N) is 4. The summed E-state index contributed by atoms with van der Waals surface area (Å²) in [5.74, 6) is -1.30. The number of rotatable bonds is 3. The van der Waals surface area contributed by atoms with Crippen LogP contribution in [0.5, 0.6) is 0 Å². The van der Waals surface area contributed by atoms with E-state index >= 15 is 0 Å². The minimum atomic E-state index is -0.757. The van der Waals surface area contributed by atoms with Crippen molar-refractivity contribution in [2.45, 2.75) is 19.9 Å². The van der Waals surface area contributed by atoms with Crippen LogP contribution in [0.15, 0.2) is 34.0 Å². The molecule has 1 aliphatic rings. The molecular weight excluding hydrogens is 367 g/mol. The fourth-order valence-corrected chi connectivity index (χ4v) is 3.08. The van der Waals surface area contributed by atoms with Crippen LogP contribution in [-0.4, -0.2) is 33.1 Å². The number of carbonyl (C=O) groups excluding carboxylic acids is 1. The highest BCUT2D eigenvalue weighted by atomic mass is 79.9. The molecule has 23 heavy (non-hydrogen) atoms. The van der Waals surface area contributed by atoms with Crippen LogP contribution in [0.25, 0.3) is 0 Å². The third kappa shape index (κ3) is 2.78. The Morgan fingerprint density at radius 3 is 3.00 bits per heavy atom. The van der Waals surface area contributed by atoms with E-state index in [-0.39, 0.29) is 6.61 Å². The van der Waals surface area contributed by atoms with Gasteiger partial charge in [0.1, 0.15) is 24.1 Å². The van der Waals surface area contributed by atoms with Gasteiger partial charge in [0.15, 0.2) is 0 Å². The molecular formula is C15H14BrFN4O2. The van der Waals surface area contributed by atoms with Crippen molar-refractivity contribution in [3.8, 4) is 0 Å². The molecule has 0 saturated heterocycles. The Kier molecular flexibility index (Phi) is 4.25. The number of ether oxygens (including phenoxy) is 1. The molecule has 6 nitrogen and oxygen atoms in total. The quantitative estimate of drug-likeness (QED) is 0.767. The van der Waals surface area contributed by atoms with E-state index in [0.29, 0.717) is 21.7 Å². The topological polar surface area (TPSA) is 69.4 Å². The first-order valence-corrected chi connectivity index (χ1v) is 7.88. The van der Waals surface area contributed by atoms with E-state index < -0.39 is 23.7 Å². The monoisotopic (exact) mass is 380 g/mol. The zero-order chi connectivity index (χ0) is 16.6. The number of carbonyl (C=O) groups is 1. The van der Waals surface area contributed by atoms with Crippen LogP contribution in [0, 0.1) is 11.7 Å². The molecule has 120 valence electrons. The van der Waals surface area contributed by atoms with Gasteiger partial charge in [0.25, 0.3) is 0 Å². The number of benzene rings is 1. The van der Waals surface area contributed by atoms with Crippen molar-refractivity contribution in [2.75, 3.05) is 6.61 Å². The Morgan fingerprint density at radius 2 is 2.26 bits per heavy atom. The van der Waals surface area contributed by atoms with E-state index in [1.54, 1.807) is 26.0 Å². The van der Waals surface area contributed by atoms with Crippen LogP contribution in [0.4, 0.5) is 10.3 Å². The predicted molar refractivity (Wildman–Crippen MR) is 85.2 cm³/mol. The average Bonchev–Trinajstić information content (AvgIpc) is 2.96. The fourth-order valence-electron chi connectivity index (χ4n) is 2.70. The van der Waals surface area contributed by atoms with E-state index in [4.69, 9.17) is 4.74 Å². The molecule has 3 rings (SSSR count). The summed E-state index contributed by atoms with van der Waals surface area (Å²) in [6.45, 7) is 3.67. The zero-order valence-electron chi connectivity index (χ0n) is 12.5. The Balaban J connectivity index is 2.18. The number of hydrogen-bond donors (Lipinski definition) is 0. The molecule has 0 saturated carbocycles. The summed E-state index contributed by atoms with van der Waals surface area (Å²) >= 11 is 3.34. The molecule has 2 heterocycles. The minimum absolute atomic E-state index is 0.237. The van der Waals surface area contributed by atoms with Gasteiger partial charge in [-0.15, -0.1) is 0 Å². The highest BCUT2D eigenvalue weighted by molar-refractivity contribution is 9.10. The molecule has 0 aliphatic carbocycles. The van der Waals surface area contributed by atoms with Gasteiger partial charge in [-0.3, -0.25) is 4.79 Å². The van der Waals surface area contributed by atoms with Crippen LogP contribution in [0.3, 0.4) is 0 Å². The molecule has 1 aromatic carbocycles. The van der Waals surface area contributed by atoms with Gasteiger partial charge in [0, 0.05) is 15.7 Å². The second-order valence-corrected chi connectivity index (χ2v) is 6.01. The molecule has 0 fully saturated rings. The van der Waals surface area contributed by atoms with Crippen LogP contribution in [0.2, 0.25) is 0 Å². The Morgan fingerprint density at radius 1 is 1.48 bits per heavy atom. The molecule has 2 atom stereocenters. The van der Waals surface area contributed by atoms with Crippen molar-refractivity contribution < 1.29 is 13.9 Å². The van der Waals surface area contributed by atoms with Crippen molar-refractivity contribution in [3.05, 3.63) is 40.4 Å². The van der Waals surface area contributed by atoms with Crippen molar-refractivity contribution in [1.29, 1.82) is 0 Å². The standard InChI is InChI=1S/C15H14BrFN4O2/c1-3-23-14(22)12-8(2)20-15-18-7-19-21(15)13(12)10-6-9(16)4-5-11(10)17/h4-7,12-13H,3H2,1-2H3. The first-order chi connectivity index (χ1) is 11.0. The molecule has 0 radical (unpaired) electrons. The molecule has 2 unspecified atom stereocenters. The lowest BCUT2D eigenvalue weighted by Gasteiger charge is -2.30. The largest absolute Gasteiger partial charge is 0.465 e. The molecule has 1 aromatic heterocycles. The summed E-state index contributed by atoms with van der Waals surface area (Å²) in [6.07, 6.45) is 1.34. The SMILES string of the molecule is CCOC(=O)C1C(C)=Nc2ncnn2C1c1cc(Br)ccc1F. The highest BCUT2D eigenvalue weighted by Crippen LogP contribution is 2.37. The van der Waals surface area contributed by atoms with Crippen molar-refractivity contribution in [3.63, 3.8) is 0 Å². The number of esters is 1. The summed E-state index contributed by atoms with van der Waals surface area (Å²) in [6, 6.07) is 3.89. The summed E-state index contributed by atoms with van der Waals surface area (Å²) in [5, 5.41) is 4.12. The molecule has 1 aliphatic heterocycles. The Labute approximate surface area is 140 Å². The summed E-state index contributed by atoms with van der Waals surface area (Å²) in [5.41, 5.74) is 0.853. The smallest absolute Gasteiger partial charge is 0.317 e. The van der Waals surface area contributed by atoms with Crippen molar-refractivity contribution >= 4 is 33.6 Å². The van der Waals surface area contributed by atoms with Gasteiger partial charge in [-0.25, -0.2) is 14.1 Å². The van der Waals surface area contributed by atoms with Crippen LogP contribution in [0.1, 0.15) is 25.5 Å². The normalized spacial score (nSPS) is 19.9. The van der Waals surface area contributed by atoms with Gasteiger partial charge >= 0.3 is 5.97 Å². The average molecular weight is 381 g/mol. The first-order valence-electron chi connectivity index (χ1n) is 7.09. The molecule has 0 N–H and O–H groups in total. The zero-order valence-corrected chi connectivity index (χ0v) is 14.1. The van der Waals surface area contributed by atoms with Gasteiger partial charge in [-0.2, -0.15) is 10.1 Å². The third-order valence-electron chi connectivity index (χ3n) is 3.68. The number of halogens is 2. The van der Waals surface area contributed by atoms with Gasteiger partial charge in [0.05, 0.1) is 6.61 Å². The summed E-state index contributed by atoms with van der Waals surface area (Å²) in [7, 11) is 0. The van der Waals surface area contributed by atoms with E-state index in [2.05, 4.69) is 31.0 Å². The number of fused-ring (bicyclic) bond motifs is 1. The van der Waals surface area contributed by atoms with Gasteiger partial charge in [-0.1, -0.05) is 15.9 Å². The van der Waals surface area contributed by atoms with Gasteiger partial charge in [0.2, 0.25) is 5.95 Å². The first kappa shape index (κ1) is 15.8. The minimum Gasteiger partial charge on any atom is -0.465 e. The van der Waals surface area contributed by atoms with E-state index in [0.717, 1.165) is 0 Å². The van der Waals surface area contributed by atoms with Crippen LogP contribution >= 0.6 is 15.9 Å². The maximum atomic E-state index is 14.4. The van der Waals surface area contributed by atoms with E-state index in [1.165, 1.54) is 17.1 Å². The predicted octanol–water partition coefficient (Wildman–Crippen LogP) is 3.05. The number of aliphatic imine (C=N–C) groups is 1. The third-order valence-corrected chi connectivity index (χ3v) is 4.17. The Bertz CT molecular complexity index is 790. The van der Waals surface area contributed by atoms with Crippen molar-refractivity contribution in [2.24, 2.45) is 10.9 Å². The van der Waals surface area contributed by atoms with Crippen molar-refractivity contribution in [1.82, 2.24) is 14.8 Å². The van der Waals surface area contributed by atoms with E-state index in [9.17, 15) is 9.18 Å². The highest BCUT2D eigenvalue weighted by Gasteiger charge is 2.40. The van der Waals surface area contributed by atoms with Crippen LogP contribution < -0.4 is 0 Å². The summed E-state index contributed by atoms with van der Waals surface area (Å²) < 4.78 is 21.7. The molecule has 2 aromatic rings. The molecule has 0 spiro atoms. The lowest BCUT2D eigenvalue weighted by Crippen LogP contribution is -2.37. The second kappa shape index (κ2) is 6.19. The maximum Gasteiger partial charge on any atom is 0.317 e. The number of hydrogen-bond acceptors (Lipinski definition) is 5. The molecule has 0 bridgehead atoms. The van der Waals surface area contributed by atoms with E-state index in [1.807, 2.05) is 0 Å². The maximum absolute atomic E-state index is 14.4. The molecule has 0 amide bonds. The summed E-state index contributed by atoms with van der Waals surface area (Å²) in [4.78, 5) is 20.8. The van der Waals surface area contributed by atoms with Crippen LogP contribution in [-0.2, 0) is 9.53 Å². The number of aromatic nitrogens is 3.